The average molecular weight is 189 g/mol. The molecule has 0 spiro atoms. The summed E-state index contributed by atoms with van der Waals surface area (Å²) in [5.41, 5.74) is 5.47. The zero-order chi connectivity index (χ0) is 10.3. The lowest BCUT2D eigenvalue weighted by Crippen LogP contribution is -2.37. The number of aliphatic hydroxyl groups is 1. The van der Waals surface area contributed by atoms with Crippen LogP contribution in [0.15, 0.2) is 0 Å². The molecule has 0 saturated heterocycles. The van der Waals surface area contributed by atoms with Crippen molar-refractivity contribution in [2.75, 3.05) is 19.8 Å². The van der Waals surface area contributed by atoms with Gasteiger partial charge in [-0.25, -0.2) is 0 Å². The molecule has 0 bridgehead atoms. The number of aliphatic hydroxyl groups excluding tert-OH is 1. The fourth-order valence-corrected chi connectivity index (χ4v) is 1.20. The van der Waals surface area contributed by atoms with E-state index >= 15 is 0 Å². The summed E-state index contributed by atoms with van der Waals surface area (Å²) in [4.78, 5) is 0. The second-order valence-corrected chi connectivity index (χ2v) is 3.83. The first kappa shape index (κ1) is 12.9. The summed E-state index contributed by atoms with van der Waals surface area (Å²) in [5, 5.41) is 9.51. The normalized spacial score (nSPS) is 18.2. The summed E-state index contributed by atoms with van der Waals surface area (Å²) in [5.74, 6) is 0. The summed E-state index contributed by atoms with van der Waals surface area (Å²) in [7, 11) is 0. The molecule has 13 heavy (non-hydrogen) atoms. The Kier molecular flexibility index (Phi) is 6.29. The van der Waals surface area contributed by atoms with E-state index < -0.39 is 0 Å². The van der Waals surface area contributed by atoms with Crippen LogP contribution in [0.25, 0.3) is 0 Å². The molecule has 0 radical (unpaired) electrons. The van der Waals surface area contributed by atoms with E-state index in [2.05, 4.69) is 0 Å². The van der Waals surface area contributed by atoms with Gasteiger partial charge < -0.3 is 15.6 Å². The van der Waals surface area contributed by atoms with Crippen molar-refractivity contribution in [1.82, 2.24) is 0 Å². The smallest absolute Gasteiger partial charge is 0.0577 e. The number of hydrogen-bond acceptors (Lipinski definition) is 3. The van der Waals surface area contributed by atoms with Crippen LogP contribution in [-0.4, -0.2) is 31.0 Å². The molecule has 0 heterocycles. The second-order valence-electron chi connectivity index (χ2n) is 3.83. The molecule has 2 unspecified atom stereocenters. The molecule has 0 rings (SSSR count). The Morgan fingerprint density at radius 2 is 2.15 bits per heavy atom. The Morgan fingerprint density at radius 1 is 1.54 bits per heavy atom. The van der Waals surface area contributed by atoms with E-state index in [1.54, 1.807) is 6.92 Å². The van der Waals surface area contributed by atoms with E-state index in [1.807, 2.05) is 13.8 Å². The lowest BCUT2D eigenvalue weighted by molar-refractivity contribution is 0.0415. The van der Waals surface area contributed by atoms with Crippen LogP contribution >= 0.6 is 0 Å². The van der Waals surface area contributed by atoms with Crippen molar-refractivity contribution in [2.45, 2.75) is 39.7 Å². The summed E-state index contributed by atoms with van der Waals surface area (Å²) >= 11 is 0. The van der Waals surface area contributed by atoms with Crippen LogP contribution in [0.2, 0.25) is 0 Å². The first-order chi connectivity index (χ1) is 6.06. The molecule has 2 atom stereocenters. The van der Waals surface area contributed by atoms with Crippen molar-refractivity contribution in [1.29, 1.82) is 0 Å². The summed E-state index contributed by atoms with van der Waals surface area (Å²) < 4.78 is 5.23. The lowest BCUT2D eigenvalue weighted by atomic mass is 9.81. The van der Waals surface area contributed by atoms with E-state index in [0.717, 1.165) is 26.1 Å². The summed E-state index contributed by atoms with van der Waals surface area (Å²) in [6.45, 7) is 7.84. The van der Waals surface area contributed by atoms with Crippen LogP contribution in [0.3, 0.4) is 0 Å². The third kappa shape index (κ3) is 4.60. The van der Waals surface area contributed by atoms with Crippen LogP contribution in [0.4, 0.5) is 0 Å². The number of nitrogens with two attached hydrogens (primary N) is 1. The van der Waals surface area contributed by atoms with Gasteiger partial charge in [-0.15, -0.1) is 0 Å². The van der Waals surface area contributed by atoms with Gasteiger partial charge in [-0.3, -0.25) is 0 Å². The van der Waals surface area contributed by atoms with Crippen molar-refractivity contribution < 1.29 is 9.84 Å². The molecular weight excluding hydrogens is 166 g/mol. The minimum absolute atomic E-state index is 0.156. The Labute approximate surface area is 81.3 Å². The molecule has 3 heteroatoms. The molecule has 0 aliphatic carbocycles. The Bertz CT molecular complexity index is 128. The van der Waals surface area contributed by atoms with E-state index in [-0.39, 0.29) is 11.5 Å². The maximum atomic E-state index is 9.51. The molecule has 0 saturated carbocycles. The molecule has 3 nitrogen and oxygen atoms in total. The van der Waals surface area contributed by atoms with Crippen molar-refractivity contribution in [2.24, 2.45) is 11.1 Å². The molecule has 0 aromatic rings. The van der Waals surface area contributed by atoms with Gasteiger partial charge in [0.2, 0.25) is 0 Å². The Balaban J connectivity index is 3.71. The maximum Gasteiger partial charge on any atom is 0.0577 e. The topological polar surface area (TPSA) is 55.5 Å². The van der Waals surface area contributed by atoms with E-state index in [4.69, 9.17) is 10.5 Å². The monoisotopic (exact) mass is 189 g/mol. The van der Waals surface area contributed by atoms with Crippen LogP contribution < -0.4 is 5.73 Å². The molecule has 3 N–H and O–H groups in total. The van der Waals surface area contributed by atoms with E-state index in [9.17, 15) is 5.11 Å². The number of rotatable bonds is 7. The first-order valence-corrected chi connectivity index (χ1v) is 5.02. The molecular formula is C10H23NO2. The van der Waals surface area contributed by atoms with Gasteiger partial charge in [0.25, 0.3) is 0 Å². The fourth-order valence-electron chi connectivity index (χ4n) is 1.20. The summed E-state index contributed by atoms with van der Waals surface area (Å²) in [6, 6.07) is 0. The predicted octanol–water partition coefficient (Wildman–Crippen LogP) is 1.15. The highest BCUT2D eigenvalue weighted by Crippen LogP contribution is 2.26. The zero-order valence-corrected chi connectivity index (χ0v) is 9.05. The van der Waals surface area contributed by atoms with Crippen molar-refractivity contribution in [3.8, 4) is 0 Å². The SMILES string of the molecule is CCOCCCC(C)(CN)C(C)O. The van der Waals surface area contributed by atoms with Crippen LogP contribution in [0.5, 0.6) is 0 Å². The molecule has 0 aromatic heterocycles. The van der Waals surface area contributed by atoms with Gasteiger partial charge in [-0.1, -0.05) is 6.92 Å². The molecule has 0 aliphatic rings. The molecule has 0 fully saturated rings. The average Bonchev–Trinajstić information content (AvgIpc) is 2.12. The van der Waals surface area contributed by atoms with E-state index in [0.29, 0.717) is 6.54 Å². The minimum atomic E-state index is -0.348. The molecule has 80 valence electrons. The third-order valence-corrected chi connectivity index (χ3v) is 2.72. The zero-order valence-electron chi connectivity index (χ0n) is 9.05. The van der Waals surface area contributed by atoms with Crippen LogP contribution in [0.1, 0.15) is 33.6 Å². The highest BCUT2D eigenvalue weighted by molar-refractivity contribution is 4.80. The van der Waals surface area contributed by atoms with Gasteiger partial charge in [0.05, 0.1) is 6.10 Å². The van der Waals surface area contributed by atoms with E-state index in [1.165, 1.54) is 0 Å². The highest BCUT2D eigenvalue weighted by atomic mass is 16.5. The van der Waals surface area contributed by atoms with Crippen LogP contribution in [0, 0.1) is 5.41 Å². The van der Waals surface area contributed by atoms with Gasteiger partial charge in [0.15, 0.2) is 0 Å². The highest BCUT2D eigenvalue weighted by Gasteiger charge is 2.27. The third-order valence-electron chi connectivity index (χ3n) is 2.72. The number of hydrogen-bond donors (Lipinski definition) is 2. The molecule has 0 aliphatic heterocycles. The Morgan fingerprint density at radius 3 is 2.54 bits per heavy atom. The quantitative estimate of drug-likeness (QED) is 0.591. The van der Waals surface area contributed by atoms with Gasteiger partial charge in [-0.05, 0) is 26.7 Å². The van der Waals surface area contributed by atoms with Crippen molar-refractivity contribution in [3.05, 3.63) is 0 Å². The van der Waals surface area contributed by atoms with Crippen molar-refractivity contribution >= 4 is 0 Å². The Hall–Kier alpha value is -0.120. The fraction of sp³-hybridized carbons (Fsp3) is 1.00. The van der Waals surface area contributed by atoms with Crippen LogP contribution in [-0.2, 0) is 4.74 Å². The predicted molar refractivity (Wildman–Crippen MR) is 54.6 cm³/mol. The van der Waals surface area contributed by atoms with Gasteiger partial charge >= 0.3 is 0 Å². The van der Waals surface area contributed by atoms with Crippen molar-refractivity contribution in [3.63, 3.8) is 0 Å². The standard InChI is InChI=1S/C10H23NO2/c1-4-13-7-5-6-10(3,8-11)9(2)12/h9,12H,4-8,11H2,1-3H3. The first-order valence-electron chi connectivity index (χ1n) is 5.02. The lowest BCUT2D eigenvalue weighted by Gasteiger charge is -2.31. The van der Waals surface area contributed by atoms with Gasteiger partial charge in [0.1, 0.15) is 0 Å². The maximum absolute atomic E-state index is 9.51. The second kappa shape index (κ2) is 6.35. The molecule has 0 aromatic carbocycles. The molecule has 0 amide bonds. The summed E-state index contributed by atoms with van der Waals surface area (Å²) in [6.07, 6.45) is 1.53. The van der Waals surface area contributed by atoms with Gasteiger partial charge in [-0.2, -0.15) is 0 Å². The number of ether oxygens (including phenoxy) is 1. The largest absolute Gasteiger partial charge is 0.393 e. The van der Waals surface area contributed by atoms with Gasteiger partial charge in [0, 0.05) is 25.2 Å². The minimum Gasteiger partial charge on any atom is -0.393 e.